The zero-order valence-electron chi connectivity index (χ0n) is 10.9. The number of benzene rings is 1. The van der Waals surface area contributed by atoms with Gasteiger partial charge in [0.1, 0.15) is 0 Å². The number of rotatable bonds is 3. The SMILES string of the molecule is Clc1ccc2nc(NCc3cccc4c3OCO4)nn2c1. The third kappa shape index (κ3) is 2.23. The standard InChI is InChI=1S/C14H11ClN4O2/c15-10-4-5-12-17-14(18-19(12)7-10)16-6-9-2-1-3-11-13(9)21-8-20-11/h1-5,7H,6,8H2,(H,16,18). The van der Waals surface area contributed by atoms with Crippen molar-refractivity contribution in [1.82, 2.24) is 14.6 Å². The normalized spacial score (nSPS) is 12.8. The summed E-state index contributed by atoms with van der Waals surface area (Å²) < 4.78 is 12.5. The van der Waals surface area contributed by atoms with Gasteiger partial charge < -0.3 is 14.8 Å². The molecule has 0 spiro atoms. The lowest BCUT2D eigenvalue weighted by molar-refractivity contribution is 0.173. The van der Waals surface area contributed by atoms with Gasteiger partial charge in [-0.3, -0.25) is 0 Å². The third-order valence-corrected chi connectivity index (χ3v) is 3.43. The van der Waals surface area contributed by atoms with E-state index in [0.717, 1.165) is 22.7 Å². The number of pyridine rings is 1. The van der Waals surface area contributed by atoms with Crippen LogP contribution in [0.2, 0.25) is 5.02 Å². The summed E-state index contributed by atoms with van der Waals surface area (Å²) in [5.74, 6) is 2.08. The van der Waals surface area contributed by atoms with E-state index in [2.05, 4.69) is 15.4 Å². The van der Waals surface area contributed by atoms with Crippen LogP contribution in [0.4, 0.5) is 5.95 Å². The second kappa shape index (κ2) is 4.82. The van der Waals surface area contributed by atoms with Gasteiger partial charge in [0, 0.05) is 18.3 Å². The molecule has 1 aliphatic heterocycles. The summed E-state index contributed by atoms with van der Waals surface area (Å²) in [6, 6.07) is 9.40. The van der Waals surface area contributed by atoms with E-state index in [4.69, 9.17) is 21.1 Å². The Kier molecular flexibility index (Phi) is 2.82. The maximum Gasteiger partial charge on any atom is 0.243 e. The minimum Gasteiger partial charge on any atom is -0.454 e. The highest BCUT2D eigenvalue weighted by Gasteiger charge is 2.17. The zero-order valence-corrected chi connectivity index (χ0v) is 11.7. The smallest absolute Gasteiger partial charge is 0.243 e. The number of nitrogens with one attached hydrogen (secondary N) is 1. The van der Waals surface area contributed by atoms with Crippen LogP contribution >= 0.6 is 11.6 Å². The lowest BCUT2D eigenvalue weighted by Crippen LogP contribution is -2.02. The maximum absolute atomic E-state index is 5.93. The summed E-state index contributed by atoms with van der Waals surface area (Å²) >= 11 is 5.93. The molecule has 0 amide bonds. The number of halogens is 1. The van der Waals surface area contributed by atoms with Gasteiger partial charge in [-0.1, -0.05) is 23.7 Å². The fourth-order valence-electron chi connectivity index (χ4n) is 2.24. The van der Waals surface area contributed by atoms with Crippen molar-refractivity contribution in [2.75, 3.05) is 12.1 Å². The van der Waals surface area contributed by atoms with E-state index >= 15 is 0 Å². The average Bonchev–Trinajstić information content (AvgIpc) is 3.10. The molecule has 0 atom stereocenters. The maximum atomic E-state index is 5.93. The van der Waals surface area contributed by atoms with Gasteiger partial charge in [0.2, 0.25) is 12.7 Å². The van der Waals surface area contributed by atoms with Crippen LogP contribution in [-0.2, 0) is 6.54 Å². The van der Waals surface area contributed by atoms with Crippen molar-refractivity contribution in [3.63, 3.8) is 0 Å². The first kappa shape index (κ1) is 12.3. The Morgan fingerprint density at radius 1 is 1.24 bits per heavy atom. The lowest BCUT2D eigenvalue weighted by atomic mass is 10.2. The third-order valence-electron chi connectivity index (χ3n) is 3.21. The number of hydrogen-bond donors (Lipinski definition) is 1. The van der Waals surface area contributed by atoms with Crippen molar-refractivity contribution >= 4 is 23.2 Å². The van der Waals surface area contributed by atoms with Crippen LogP contribution in [0.25, 0.3) is 5.65 Å². The Morgan fingerprint density at radius 3 is 3.14 bits per heavy atom. The topological polar surface area (TPSA) is 60.7 Å². The van der Waals surface area contributed by atoms with Crippen LogP contribution < -0.4 is 14.8 Å². The van der Waals surface area contributed by atoms with Crippen molar-refractivity contribution in [2.45, 2.75) is 6.54 Å². The summed E-state index contributed by atoms with van der Waals surface area (Å²) in [6.45, 7) is 0.814. The Hall–Kier alpha value is -2.47. The second-order valence-electron chi connectivity index (χ2n) is 4.59. The number of para-hydroxylation sites is 1. The van der Waals surface area contributed by atoms with Gasteiger partial charge in [-0.15, -0.1) is 5.10 Å². The summed E-state index contributed by atoms with van der Waals surface area (Å²) in [4.78, 5) is 4.37. The molecule has 21 heavy (non-hydrogen) atoms. The summed E-state index contributed by atoms with van der Waals surface area (Å²) in [5, 5.41) is 8.11. The number of nitrogens with zero attached hydrogens (tertiary/aromatic N) is 3. The molecule has 6 nitrogen and oxygen atoms in total. The van der Waals surface area contributed by atoms with Gasteiger partial charge in [-0.05, 0) is 18.2 Å². The van der Waals surface area contributed by atoms with E-state index in [9.17, 15) is 0 Å². The quantitative estimate of drug-likeness (QED) is 0.806. The Morgan fingerprint density at radius 2 is 2.19 bits per heavy atom. The van der Waals surface area contributed by atoms with E-state index in [0.29, 0.717) is 17.5 Å². The molecule has 3 heterocycles. The van der Waals surface area contributed by atoms with Crippen LogP contribution in [0.3, 0.4) is 0 Å². The molecule has 1 aromatic carbocycles. The minimum atomic E-state index is 0.261. The number of fused-ring (bicyclic) bond motifs is 2. The molecule has 0 unspecified atom stereocenters. The zero-order chi connectivity index (χ0) is 14.2. The lowest BCUT2D eigenvalue weighted by Gasteiger charge is -2.05. The number of aromatic nitrogens is 3. The fraction of sp³-hybridized carbons (Fsp3) is 0.143. The molecule has 4 rings (SSSR count). The largest absolute Gasteiger partial charge is 0.454 e. The predicted molar refractivity (Wildman–Crippen MR) is 77.9 cm³/mol. The van der Waals surface area contributed by atoms with Gasteiger partial charge in [-0.25, -0.2) is 4.52 Å². The molecule has 1 aliphatic rings. The van der Waals surface area contributed by atoms with Crippen molar-refractivity contribution in [1.29, 1.82) is 0 Å². The van der Waals surface area contributed by atoms with E-state index in [-0.39, 0.29) is 6.79 Å². The first-order chi connectivity index (χ1) is 10.3. The van der Waals surface area contributed by atoms with Crippen molar-refractivity contribution in [3.8, 4) is 11.5 Å². The van der Waals surface area contributed by atoms with Gasteiger partial charge in [0.05, 0.1) is 5.02 Å². The van der Waals surface area contributed by atoms with E-state index in [1.54, 1.807) is 16.8 Å². The minimum absolute atomic E-state index is 0.261. The predicted octanol–water partition coefficient (Wildman–Crippen LogP) is 2.72. The molecule has 2 aromatic heterocycles. The molecule has 3 aromatic rings. The van der Waals surface area contributed by atoms with E-state index in [1.165, 1.54) is 0 Å². The number of hydrogen-bond acceptors (Lipinski definition) is 5. The molecule has 0 saturated carbocycles. The van der Waals surface area contributed by atoms with Gasteiger partial charge in [-0.2, -0.15) is 4.98 Å². The van der Waals surface area contributed by atoms with Gasteiger partial charge in [0.15, 0.2) is 17.1 Å². The Bertz CT molecular complexity index is 818. The van der Waals surface area contributed by atoms with Crippen molar-refractivity contribution < 1.29 is 9.47 Å². The van der Waals surface area contributed by atoms with E-state index in [1.807, 2.05) is 24.3 Å². The molecule has 0 aliphatic carbocycles. The summed E-state index contributed by atoms with van der Waals surface area (Å²) in [5.41, 5.74) is 1.74. The summed E-state index contributed by atoms with van der Waals surface area (Å²) in [6.07, 6.45) is 1.71. The number of anilines is 1. The molecule has 0 fully saturated rings. The van der Waals surface area contributed by atoms with Crippen LogP contribution in [0.5, 0.6) is 11.5 Å². The van der Waals surface area contributed by atoms with Crippen LogP contribution in [0, 0.1) is 0 Å². The van der Waals surface area contributed by atoms with Gasteiger partial charge in [0.25, 0.3) is 0 Å². The van der Waals surface area contributed by atoms with E-state index < -0.39 is 0 Å². The first-order valence-electron chi connectivity index (χ1n) is 6.43. The first-order valence-corrected chi connectivity index (χ1v) is 6.81. The highest BCUT2D eigenvalue weighted by Crippen LogP contribution is 2.35. The van der Waals surface area contributed by atoms with Crippen LogP contribution in [0.1, 0.15) is 5.56 Å². The van der Waals surface area contributed by atoms with Crippen LogP contribution in [-0.4, -0.2) is 21.4 Å². The fourth-order valence-corrected chi connectivity index (χ4v) is 2.39. The highest BCUT2D eigenvalue weighted by molar-refractivity contribution is 6.30. The average molecular weight is 303 g/mol. The molecule has 7 heteroatoms. The monoisotopic (exact) mass is 302 g/mol. The highest BCUT2D eigenvalue weighted by atomic mass is 35.5. The Labute approximate surface area is 125 Å². The number of ether oxygens (including phenoxy) is 2. The molecule has 0 radical (unpaired) electrons. The van der Waals surface area contributed by atoms with Crippen molar-refractivity contribution in [2.24, 2.45) is 0 Å². The molecular weight excluding hydrogens is 292 g/mol. The molecule has 0 saturated heterocycles. The Balaban J connectivity index is 1.57. The van der Waals surface area contributed by atoms with Crippen molar-refractivity contribution in [3.05, 3.63) is 47.1 Å². The van der Waals surface area contributed by atoms with Gasteiger partial charge >= 0.3 is 0 Å². The second-order valence-corrected chi connectivity index (χ2v) is 5.03. The molecule has 106 valence electrons. The summed E-state index contributed by atoms with van der Waals surface area (Å²) in [7, 11) is 0. The molecule has 0 bridgehead atoms. The molecule has 1 N–H and O–H groups in total. The van der Waals surface area contributed by atoms with Crippen LogP contribution in [0.15, 0.2) is 36.5 Å². The molecular formula is C14H11ClN4O2.